The lowest BCUT2D eigenvalue weighted by molar-refractivity contribution is -0.113. The zero-order chi connectivity index (χ0) is 17.1. The van der Waals surface area contributed by atoms with Crippen LogP contribution in [0.1, 0.15) is 18.1 Å². The van der Waals surface area contributed by atoms with Crippen LogP contribution >= 0.6 is 24.0 Å². The van der Waals surface area contributed by atoms with E-state index in [2.05, 4.69) is 0 Å². The monoisotopic (exact) mass is 355 g/mol. The number of hydrogen-bond acceptors (Lipinski definition) is 4. The summed E-state index contributed by atoms with van der Waals surface area (Å²) in [5.41, 5.74) is 2.90. The molecule has 122 valence electrons. The first-order valence-corrected chi connectivity index (χ1v) is 8.88. The van der Waals surface area contributed by atoms with E-state index in [9.17, 15) is 4.79 Å². The predicted octanol–water partition coefficient (Wildman–Crippen LogP) is 4.80. The third kappa shape index (κ3) is 3.52. The van der Waals surface area contributed by atoms with Gasteiger partial charge in [-0.05, 0) is 49.8 Å². The lowest BCUT2D eigenvalue weighted by Gasteiger charge is -2.14. The molecule has 0 N–H and O–H groups in total. The summed E-state index contributed by atoms with van der Waals surface area (Å²) in [6.07, 6.45) is 1.86. The second-order valence-corrected chi connectivity index (χ2v) is 7.03. The number of thiocarbonyl (C=S) groups is 1. The third-order valence-electron chi connectivity index (χ3n) is 3.57. The summed E-state index contributed by atoms with van der Waals surface area (Å²) in [6.45, 7) is 4.60. The number of anilines is 1. The van der Waals surface area contributed by atoms with Gasteiger partial charge in [0.1, 0.15) is 5.75 Å². The largest absolute Gasteiger partial charge is 0.494 e. The molecule has 0 bridgehead atoms. The zero-order valence-electron chi connectivity index (χ0n) is 13.5. The first kappa shape index (κ1) is 16.7. The maximum Gasteiger partial charge on any atom is 0.270 e. The maximum atomic E-state index is 12.7. The first-order valence-electron chi connectivity index (χ1n) is 7.66. The van der Waals surface area contributed by atoms with Crippen molar-refractivity contribution in [1.82, 2.24) is 0 Å². The van der Waals surface area contributed by atoms with E-state index in [4.69, 9.17) is 17.0 Å². The molecule has 3 nitrogen and oxygen atoms in total. The van der Waals surface area contributed by atoms with E-state index in [-0.39, 0.29) is 5.91 Å². The summed E-state index contributed by atoms with van der Waals surface area (Å²) in [6, 6.07) is 15.5. The number of ether oxygens (including phenoxy) is 1. The summed E-state index contributed by atoms with van der Waals surface area (Å²) in [7, 11) is 0. The highest BCUT2D eigenvalue weighted by Gasteiger charge is 2.33. The molecule has 0 radical (unpaired) electrons. The molecule has 1 fully saturated rings. The van der Waals surface area contributed by atoms with Crippen LogP contribution in [0.3, 0.4) is 0 Å². The van der Waals surface area contributed by atoms with Crippen molar-refractivity contribution in [2.24, 2.45) is 0 Å². The number of thioether (sulfide) groups is 1. The van der Waals surface area contributed by atoms with E-state index in [1.165, 1.54) is 11.8 Å². The molecule has 0 aliphatic carbocycles. The Labute approximate surface area is 151 Å². The Morgan fingerprint density at radius 3 is 2.42 bits per heavy atom. The van der Waals surface area contributed by atoms with E-state index < -0.39 is 0 Å². The molecular formula is C19H17NO2S2. The van der Waals surface area contributed by atoms with Crippen molar-refractivity contribution in [3.8, 4) is 5.75 Å². The molecule has 2 aromatic rings. The van der Waals surface area contributed by atoms with Crippen molar-refractivity contribution in [2.75, 3.05) is 11.5 Å². The van der Waals surface area contributed by atoms with E-state index in [0.717, 1.165) is 22.6 Å². The Bertz CT molecular complexity index is 795. The van der Waals surface area contributed by atoms with Crippen LogP contribution in [0, 0.1) is 6.92 Å². The number of hydrogen-bond donors (Lipinski definition) is 0. The van der Waals surface area contributed by atoms with Gasteiger partial charge in [0.15, 0.2) is 4.32 Å². The van der Waals surface area contributed by atoms with Gasteiger partial charge in [0.05, 0.1) is 17.2 Å². The summed E-state index contributed by atoms with van der Waals surface area (Å²) in [5, 5.41) is 0. The van der Waals surface area contributed by atoms with Crippen molar-refractivity contribution in [3.63, 3.8) is 0 Å². The highest BCUT2D eigenvalue weighted by atomic mass is 32.2. The van der Waals surface area contributed by atoms with E-state index in [1.807, 2.05) is 68.5 Å². The lowest BCUT2D eigenvalue weighted by atomic mass is 10.2. The Morgan fingerprint density at radius 2 is 1.79 bits per heavy atom. The highest BCUT2D eigenvalue weighted by Crippen LogP contribution is 2.36. The van der Waals surface area contributed by atoms with Crippen LogP contribution in [0.5, 0.6) is 5.75 Å². The molecule has 1 saturated heterocycles. The summed E-state index contributed by atoms with van der Waals surface area (Å²) in [5.74, 6) is 0.740. The van der Waals surface area contributed by atoms with E-state index >= 15 is 0 Å². The smallest absolute Gasteiger partial charge is 0.270 e. The molecule has 0 saturated carbocycles. The van der Waals surface area contributed by atoms with Gasteiger partial charge in [-0.15, -0.1) is 0 Å². The van der Waals surface area contributed by atoms with Crippen LogP contribution in [0.2, 0.25) is 0 Å². The predicted molar refractivity (Wildman–Crippen MR) is 104 cm³/mol. The molecule has 1 aliphatic rings. The van der Waals surface area contributed by atoms with Crippen molar-refractivity contribution >= 4 is 46.0 Å². The topological polar surface area (TPSA) is 29.5 Å². The van der Waals surface area contributed by atoms with Crippen LogP contribution < -0.4 is 9.64 Å². The summed E-state index contributed by atoms with van der Waals surface area (Å²) in [4.78, 5) is 14.9. The minimum atomic E-state index is -0.0808. The molecule has 0 atom stereocenters. The fourth-order valence-electron chi connectivity index (χ4n) is 2.36. The van der Waals surface area contributed by atoms with Gasteiger partial charge in [-0.3, -0.25) is 9.69 Å². The second-order valence-electron chi connectivity index (χ2n) is 5.35. The SMILES string of the molecule is CCOc1ccc(C=C2SC(=S)N(c3ccc(C)cc3)C2=O)cc1. The number of amides is 1. The Kier molecular flexibility index (Phi) is 5.02. The lowest BCUT2D eigenvalue weighted by Crippen LogP contribution is -2.27. The first-order chi connectivity index (χ1) is 11.6. The van der Waals surface area contributed by atoms with Crippen molar-refractivity contribution in [2.45, 2.75) is 13.8 Å². The van der Waals surface area contributed by atoms with Gasteiger partial charge >= 0.3 is 0 Å². The second kappa shape index (κ2) is 7.20. The normalized spacial score (nSPS) is 16.1. The number of rotatable bonds is 4. The van der Waals surface area contributed by atoms with Crippen LogP contribution in [0.25, 0.3) is 6.08 Å². The Hall–Kier alpha value is -2.11. The highest BCUT2D eigenvalue weighted by molar-refractivity contribution is 8.27. The van der Waals surface area contributed by atoms with E-state index in [1.54, 1.807) is 4.90 Å². The van der Waals surface area contributed by atoms with Gasteiger partial charge < -0.3 is 4.74 Å². The number of carbonyl (C=O) groups excluding carboxylic acids is 1. The molecule has 3 rings (SSSR count). The molecule has 0 spiro atoms. The molecule has 1 amide bonds. The van der Waals surface area contributed by atoms with Gasteiger partial charge in [0.2, 0.25) is 0 Å². The number of aryl methyl sites for hydroxylation is 1. The average molecular weight is 355 g/mol. The zero-order valence-corrected chi connectivity index (χ0v) is 15.1. The summed E-state index contributed by atoms with van der Waals surface area (Å²) < 4.78 is 5.99. The van der Waals surface area contributed by atoms with Crippen molar-refractivity contribution in [1.29, 1.82) is 0 Å². The molecule has 1 aliphatic heterocycles. The average Bonchev–Trinajstić information content (AvgIpc) is 2.85. The maximum absolute atomic E-state index is 12.7. The number of nitrogens with zero attached hydrogens (tertiary/aromatic N) is 1. The van der Waals surface area contributed by atoms with E-state index in [0.29, 0.717) is 15.8 Å². The standard InChI is InChI=1S/C19H17NO2S2/c1-3-22-16-10-6-14(7-11-16)12-17-18(21)20(19(23)24-17)15-8-4-13(2)5-9-15/h4-12H,3H2,1-2H3. The quantitative estimate of drug-likeness (QED) is 0.582. The number of carbonyl (C=O) groups is 1. The summed E-state index contributed by atoms with van der Waals surface area (Å²) >= 11 is 6.72. The molecule has 5 heteroatoms. The van der Waals surface area contributed by atoms with Gasteiger partial charge in [-0.2, -0.15) is 0 Å². The van der Waals surface area contributed by atoms with Crippen LogP contribution in [0.4, 0.5) is 5.69 Å². The minimum Gasteiger partial charge on any atom is -0.494 e. The van der Waals surface area contributed by atoms with Gasteiger partial charge in [-0.25, -0.2) is 0 Å². The molecule has 1 heterocycles. The minimum absolute atomic E-state index is 0.0808. The molecule has 2 aromatic carbocycles. The molecular weight excluding hydrogens is 338 g/mol. The van der Waals surface area contributed by atoms with Crippen molar-refractivity contribution < 1.29 is 9.53 Å². The van der Waals surface area contributed by atoms with Crippen LogP contribution in [-0.4, -0.2) is 16.8 Å². The fourth-order valence-corrected chi connectivity index (χ4v) is 3.66. The number of benzene rings is 2. The Balaban J connectivity index is 1.83. The Morgan fingerprint density at radius 1 is 1.12 bits per heavy atom. The van der Waals surface area contributed by atoms with Crippen LogP contribution in [-0.2, 0) is 4.79 Å². The molecule has 0 unspecified atom stereocenters. The van der Waals surface area contributed by atoms with Crippen molar-refractivity contribution in [3.05, 3.63) is 64.6 Å². The fraction of sp³-hybridized carbons (Fsp3) is 0.158. The molecule has 0 aromatic heterocycles. The van der Waals surface area contributed by atoms with Gasteiger partial charge in [-0.1, -0.05) is 53.8 Å². The van der Waals surface area contributed by atoms with Crippen LogP contribution in [0.15, 0.2) is 53.4 Å². The molecule has 24 heavy (non-hydrogen) atoms. The van der Waals surface area contributed by atoms with Gasteiger partial charge in [0.25, 0.3) is 5.91 Å². The third-order valence-corrected chi connectivity index (χ3v) is 4.88. The van der Waals surface area contributed by atoms with Gasteiger partial charge in [0, 0.05) is 0 Å².